The molecule has 0 aliphatic carbocycles. The molecule has 0 bridgehead atoms. The van der Waals surface area contributed by atoms with Gasteiger partial charge in [0.25, 0.3) is 0 Å². The van der Waals surface area contributed by atoms with Gasteiger partial charge in [-0.2, -0.15) is 0 Å². The third kappa shape index (κ3) is 5.00. The van der Waals surface area contributed by atoms with Crippen molar-refractivity contribution in [1.29, 1.82) is 0 Å². The van der Waals surface area contributed by atoms with Crippen molar-refractivity contribution < 1.29 is 14.9 Å². The molecule has 170 valence electrons. The van der Waals surface area contributed by atoms with Crippen molar-refractivity contribution in [3.63, 3.8) is 0 Å². The number of hydrogen-bond donors (Lipinski definition) is 5. The van der Waals surface area contributed by atoms with E-state index in [0.717, 1.165) is 28.1 Å². The first-order valence-corrected chi connectivity index (χ1v) is 10.7. The van der Waals surface area contributed by atoms with Crippen LogP contribution in [0.5, 0.6) is 11.5 Å². The highest BCUT2D eigenvalue weighted by Gasteiger charge is 2.14. The average Bonchev–Trinajstić information content (AvgIpc) is 2.83. The number of anilines is 1. The molecule has 0 radical (unpaired) electrons. The highest BCUT2D eigenvalue weighted by Crippen LogP contribution is 2.29. The molecule has 1 heterocycles. The van der Waals surface area contributed by atoms with E-state index in [-0.39, 0.29) is 11.3 Å². The molecular formula is C26H27N3O4. The van der Waals surface area contributed by atoms with E-state index in [1.54, 1.807) is 19.2 Å². The maximum absolute atomic E-state index is 11.6. The second-order valence-corrected chi connectivity index (χ2v) is 7.90. The predicted octanol–water partition coefficient (Wildman–Crippen LogP) is 3.36. The maximum atomic E-state index is 11.6. The third-order valence-corrected chi connectivity index (χ3v) is 5.74. The summed E-state index contributed by atoms with van der Waals surface area (Å²) in [6, 6.07) is 20.0. The number of ether oxygens (including phenoxy) is 1. The van der Waals surface area contributed by atoms with Crippen LogP contribution in [0.25, 0.3) is 22.0 Å². The highest BCUT2D eigenvalue weighted by atomic mass is 16.5. The zero-order chi connectivity index (χ0) is 23.4. The fourth-order valence-electron chi connectivity index (χ4n) is 3.91. The highest BCUT2D eigenvalue weighted by molar-refractivity contribution is 5.87. The van der Waals surface area contributed by atoms with E-state index < -0.39 is 6.10 Å². The van der Waals surface area contributed by atoms with E-state index in [1.165, 1.54) is 12.1 Å². The van der Waals surface area contributed by atoms with Gasteiger partial charge in [0, 0.05) is 23.7 Å². The molecule has 1 aromatic heterocycles. The molecular weight excluding hydrogens is 418 g/mol. The molecule has 0 unspecified atom stereocenters. The van der Waals surface area contributed by atoms with E-state index in [1.807, 2.05) is 42.5 Å². The molecule has 3 aromatic carbocycles. The third-order valence-electron chi connectivity index (χ3n) is 5.74. The van der Waals surface area contributed by atoms with Gasteiger partial charge in [0.15, 0.2) is 0 Å². The number of nitrogens with one attached hydrogen (secondary N) is 2. The zero-order valence-corrected chi connectivity index (χ0v) is 18.3. The Balaban J connectivity index is 1.36. The van der Waals surface area contributed by atoms with Crippen LogP contribution in [-0.2, 0) is 6.42 Å². The maximum Gasteiger partial charge on any atom is 0.248 e. The number of nitrogens with two attached hydrogens (primary N) is 1. The lowest BCUT2D eigenvalue weighted by atomic mass is 10.0. The van der Waals surface area contributed by atoms with Gasteiger partial charge in [0.2, 0.25) is 5.56 Å². The number of aliphatic hydroxyl groups excluding tert-OH is 1. The molecule has 0 fully saturated rings. The molecule has 0 amide bonds. The molecule has 6 N–H and O–H groups in total. The second kappa shape index (κ2) is 9.77. The summed E-state index contributed by atoms with van der Waals surface area (Å²) >= 11 is 0. The number of benzene rings is 3. The number of aromatic hydroxyl groups is 1. The molecule has 0 aliphatic heterocycles. The van der Waals surface area contributed by atoms with E-state index in [9.17, 15) is 15.0 Å². The van der Waals surface area contributed by atoms with E-state index in [0.29, 0.717) is 36.0 Å². The Morgan fingerprint density at radius 3 is 2.52 bits per heavy atom. The molecule has 7 nitrogen and oxygen atoms in total. The van der Waals surface area contributed by atoms with Gasteiger partial charge < -0.3 is 31.0 Å². The molecule has 4 rings (SSSR count). The van der Waals surface area contributed by atoms with Crippen molar-refractivity contribution in [2.45, 2.75) is 12.5 Å². The van der Waals surface area contributed by atoms with Gasteiger partial charge in [-0.25, -0.2) is 0 Å². The van der Waals surface area contributed by atoms with Crippen molar-refractivity contribution in [2.24, 2.45) is 0 Å². The second-order valence-electron chi connectivity index (χ2n) is 7.90. The van der Waals surface area contributed by atoms with Gasteiger partial charge in [-0.05, 0) is 65.6 Å². The largest absolute Gasteiger partial charge is 0.506 e. The van der Waals surface area contributed by atoms with Crippen molar-refractivity contribution in [2.75, 3.05) is 25.9 Å². The molecule has 33 heavy (non-hydrogen) atoms. The molecule has 7 heteroatoms. The Kier molecular flexibility index (Phi) is 6.63. The summed E-state index contributed by atoms with van der Waals surface area (Å²) < 4.78 is 5.20. The molecule has 0 spiro atoms. The van der Waals surface area contributed by atoms with E-state index >= 15 is 0 Å². The number of pyridine rings is 1. The number of methoxy groups -OCH3 is 1. The molecule has 0 saturated carbocycles. The van der Waals surface area contributed by atoms with Gasteiger partial charge in [0.1, 0.15) is 11.5 Å². The van der Waals surface area contributed by atoms with Crippen molar-refractivity contribution in [3.8, 4) is 22.6 Å². The first-order chi connectivity index (χ1) is 16.0. The average molecular weight is 446 g/mol. The first-order valence-electron chi connectivity index (χ1n) is 10.7. The van der Waals surface area contributed by atoms with Crippen molar-refractivity contribution >= 4 is 16.6 Å². The number of phenolic OH excluding ortho intramolecular Hbond substituents is 1. The van der Waals surface area contributed by atoms with Crippen LogP contribution in [0.1, 0.15) is 17.2 Å². The predicted molar refractivity (Wildman–Crippen MR) is 131 cm³/mol. The van der Waals surface area contributed by atoms with Gasteiger partial charge in [0.05, 0.1) is 18.7 Å². The monoisotopic (exact) mass is 445 g/mol. The van der Waals surface area contributed by atoms with Crippen LogP contribution in [0.4, 0.5) is 5.69 Å². The van der Waals surface area contributed by atoms with Gasteiger partial charge in [-0.1, -0.05) is 30.3 Å². The summed E-state index contributed by atoms with van der Waals surface area (Å²) in [7, 11) is 1.64. The quantitative estimate of drug-likeness (QED) is 0.210. The van der Waals surface area contributed by atoms with Crippen molar-refractivity contribution in [1.82, 2.24) is 10.3 Å². The molecule has 0 saturated heterocycles. The number of hydrogen-bond acceptors (Lipinski definition) is 6. The van der Waals surface area contributed by atoms with Crippen LogP contribution in [0.3, 0.4) is 0 Å². The standard InChI is InChI=1S/C26H27N3O4/c1-33-19-6-4-16(5-7-19)18-3-2-17(22(27)14-18)12-13-28-15-24(31)20-8-10-23(30)26-21(20)9-11-25(32)29-26/h2-11,14,24,28,30-31H,12-13,15,27H2,1H3,(H,29,32)/t24-/m0/s1. The molecule has 1 atom stereocenters. The van der Waals surface area contributed by atoms with Crippen LogP contribution in [0, 0.1) is 0 Å². The molecule has 0 aliphatic rings. The fraction of sp³-hybridized carbons (Fsp3) is 0.192. The summed E-state index contributed by atoms with van der Waals surface area (Å²) in [5, 5.41) is 24.5. The smallest absolute Gasteiger partial charge is 0.248 e. The number of aromatic amines is 1. The normalized spacial score (nSPS) is 12.1. The zero-order valence-electron chi connectivity index (χ0n) is 18.3. The number of fused-ring (bicyclic) bond motifs is 1. The number of aromatic nitrogens is 1. The Hall–Kier alpha value is -3.81. The minimum atomic E-state index is -0.797. The van der Waals surface area contributed by atoms with E-state index in [2.05, 4.69) is 10.3 Å². The first kappa shape index (κ1) is 22.4. The lowest BCUT2D eigenvalue weighted by Gasteiger charge is -2.15. The van der Waals surface area contributed by atoms with Gasteiger partial charge in [-0.3, -0.25) is 4.79 Å². The summed E-state index contributed by atoms with van der Waals surface area (Å²) in [6.45, 7) is 0.957. The number of nitrogen functional groups attached to an aromatic ring is 1. The van der Waals surface area contributed by atoms with Crippen molar-refractivity contribution in [3.05, 3.63) is 88.2 Å². The summed E-state index contributed by atoms with van der Waals surface area (Å²) in [5.41, 5.74) is 10.8. The Morgan fingerprint density at radius 1 is 1.03 bits per heavy atom. The summed E-state index contributed by atoms with van der Waals surface area (Å²) in [5.74, 6) is 0.783. The summed E-state index contributed by atoms with van der Waals surface area (Å²) in [4.78, 5) is 14.2. The number of phenols is 1. The number of aliphatic hydroxyl groups is 1. The van der Waals surface area contributed by atoms with Gasteiger partial charge >= 0.3 is 0 Å². The Morgan fingerprint density at radius 2 is 1.79 bits per heavy atom. The Bertz CT molecular complexity index is 1320. The van der Waals surface area contributed by atoms with Crippen LogP contribution < -0.4 is 21.3 Å². The lowest BCUT2D eigenvalue weighted by molar-refractivity contribution is 0.176. The van der Waals surface area contributed by atoms with E-state index in [4.69, 9.17) is 10.5 Å². The summed E-state index contributed by atoms with van der Waals surface area (Å²) in [6.07, 6.45) is -0.0840. The van der Waals surface area contributed by atoms with Crippen LogP contribution in [-0.4, -0.2) is 35.4 Å². The van der Waals surface area contributed by atoms with Crippen LogP contribution in [0.2, 0.25) is 0 Å². The fourth-order valence-corrected chi connectivity index (χ4v) is 3.91. The lowest BCUT2D eigenvalue weighted by Crippen LogP contribution is -2.24. The van der Waals surface area contributed by atoms with Gasteiger partial charge in [-0.15, -0.1) is 0 Å². The number of H-pyrrole nitrogens is 1. The minimum absolute atomic E-state index is 0.0276. The minimum Gasteiger partial charge on any atom is -0.506 e. The Labute approximate surface area is 191 Å². The molecule has 4 aromatic rings. The topological polar surface area (TPSA) is 121 Å². The number of rotatable bonds is 8. The van der Waals surface area contributed by atoms with Crippen LogP contribution >= 0.6 is 0 Å². The van der Waals surface area contributed by atoms with Crippen LogP contribution in [0.15, 0.2) is 71.5 Å². The SMILES string of the molecule is COc1ccc(-c2ccc(CCNC[C@H](O)c3ccc(O)c4[nH]c(=O)ccc34)c(N)c2)cc1.